The highest BCUT2D eigenvalue weighted by molar-refractivity contribution is 7.99. The Hall–Kier alpha value is -2.91. The Bertz CT molecular complexity index is 1030. The number of nitrogens with two attached hydrogens (primary N) is 1. The number of nitrogens with one attached hydrogen (secondary N) is 2. The molecule has 1 aliphatic rings. The Kier molecular flexibility index (Phi) is 7.39. The van der Waals surface area contributed by atoms with Crippen LogP contribution in [0.1, 0.15) is 19.8 Å². The van der Waals surface area contributed by atoms with Crippen LogP contribution in [0.5, 0.6) is 0 Å². The molecular weight excluding hydrogens is 425 g/mol. The highest BCUT2D eigenvalue weighted by Crippen LogP contribution is 2.32. The number of nitrogen functional groups attached to an aromatic ring is 1. The average Bonchev–Trinajstić information content (AvgIpc) is 2.80. The second-order valence-electron chi connectivity index (χ2n) is 7.76. The van der Waals surface area contributed by atoms with Crippen LogP contribution in [0.25, 0.3) is 0 Å². The summed E-state index contributed by atoms with van der Waals surface area (Å²) >= 11 is 1.36. The Labute approximate surface area is 192 Å². The number of benzene rings is 1. The van der Waals surface area contributed by atoms with E-state index in [4.69, 9.17) is 5.73 Å². The molecule has 1 fully saturated rings. The number of hydrogen-bond donors (Lipinski definition) is 3. The number of halogens is 1. The van der Waals surface area contributed by atoms with Crippen LogP contribution in [-0.2, 0) is 0 Å². The number of pyridine rings is 1. The van der Waals surface area contributed by atoms with Crippen molar-refractivity contribution in [2.75, 3.05) is 42.1 Å². The number of rotatable bonds is 8. The quantitative estimate of drug-likeness (QED) is 0.465. The summed E-state index contributed by atoms with van der Waals surface area (Å²) in [5.74, 6) is 1.94. The first-order valence-electron chi connectivity index (χ1n) is 10.9. The van der Waals surface area contributed by atoms with Gasteiger partial charge in [0.15, 0.2) is 0 Å². The van der Waals surface area contributed by atoms with Gasteiger partial charge < -0.3 is 21.3 Å². The molecule has 3 heterocycles. The lowest BCUT2D eigenvalue weighted by molar-refractivity contribution is 0.385. The summed E-state index contributed by atoms with van der Waals surface area (Å²) in [5, 5.41) is 6.60. The van der Waals surface area contributed by atoms with Crippen LogP contribution >= 0.6 is 11.8 Å². The third kappa shape index (κ3) is 5.86. The zero-order chi connectivity index (χ0) is 22.3. The summed E-state index contributed by atoms with van der Waals surface area (Å²) < 4.78 is 14.7. The van der Waals surface area contributed by atoms with Gasteiger partial charge in [0.2, 0.25) is 5.95 Å². The number of anilines is 4. The molecule has 3 aromatic rings. The molecule has 0 amide bonds. The van der Waals surface area contributed by atoms with E-state index in [0.29, 0.717) is 22.3 Å². The van der Waals surface area contributed by atoms with Crippen molar-refractivity contribution in [3.8, 4) is 0 Å². The fourth-order valence-electron chi connectivity index (χ4n) is 3.74. The summed E-state index contributed by atoms with van der Waals surface area (Å²) in [7, 11) is 0. The minimum Gasteiger partial charge on any atom is -0.368 e. The maximum atomic E-state index is 14.7. The molecule has 4 N–H and O–H groups in total. The van der Waals surface area contributed by atoms with Crippen molar-refractivity contribution in [2.24, 2.45) is 5.92 Å². The summed E-state index contributed by atoms with van der Waals surface area (Å²) in [6, 6.07) is 10.6. The molecular formula is C23H28FN7S. The second kappa shape index (κ2) is 10.6. The van der Waals surface area contributed by atoms with E-state index < -0.39 is 0 Å². The molecule has 7 nitrogen and oxygen atoms in total. The number of aromatic nitrogens is 3. The Balaban J connectivity index is 1.42. The zero-order valence-electron chi connectivity index (χ0n) is 18.1. The van der Waals surface area contributed by atoms with E-state index in [0.717, 1.165) is 49.7 Å². The van der Waals surface area contributed by atoms with Crippen LogP contribution in [-0.4, -0.2) is 41.1 Å². The largest absolute Gasteiger partial charge is 0.368 e. The molecule has 0 atom stereocenters. The van der Waals surface area contributed by atoms with Gasteiger partial charge in [-0.25, -0.2) is 4.39 Å². The standard InChI is InChI=1S/C23H28FN7S/c1-2-26-15-16-7-11-31(12-8-16)22-14-21(29-23(25)30-22)28-17-3-4-20(19(24)13-17)32-18-5-9-27-10-6-18/h3-6,9-10,13-14,16,26H,2,7-8,11-12,15H2,1H3,(H3,25,28,29,30). The lowest BCUT2D eigenvalue weighted by atomic mass is 9.97. The van der Waals surface area contributed by atoms with Crippen molar-refractivity contribution in [1.29, 1.82) is 0 Å². The summed E-state index contributed by atoms with van der Waals surface area (Å²) in [6.45, 7) is 6.06. The Morgan fingerprint density at radius 2 is 1.91 bits per heavy atom. The molecule has 1 aromatic carbocycles. The van der Waals surface area contributed by atoms with Crippen LogP contribution in [0.15, 0.2) is 58.6 Å². The van der Waals surface area contributed by atoms with Crippen molar-refractivity contribution < 1.29 is 4.39 Å². The van der Waals surface area contributed by atoms with E-state index in [2.05, 4.69) is 37.4 Å². The van der Waals surface area contributed by atoms with Gasteiger partial charge >= 0.3 is 0 Å². The van der Waals surface area contributed by atoms with E-state index >= 15 is 0 Å². The lowest BCUT2D eigenvalue weighted by Gasteiger charge is -2.33. The fraction of sp³-hybridized carbons (Fsp3) is 0.348. The first-order valence-corrected chi connectivity index (χ1v) is 11.7. The van der Waals surface area contributed by atoms with Gasteiger partial charge in [0.05, 0.1) is 0 Å². The van der Waals surface area contributed by atoms with Gasteiger partial charge in [-0.05, 0) is 62.2 Å². The molecule has 1 aliphatic heterocycles. The second-order valence-corrected chi connectivity index (χ2v) is 8.88. The summed E-state index contributed by atoms with van der Waals surface area (Å²) in [6.07, 6.45) is 5.61. The molecule has 0 radical (unpaired) electrons. The van der Waals surface area contributed by atoms with Gasteiger partial charge in [-0.15, -0.1) is 0 Å². The average molecular weight is 454 g/mol. The zero-order valence-corrected chi connectivity index (χ0v) is 18.9. The first kappa shape index (κ1) is 22.3. The third-order valence-electron chi connectivity index (χ3n) is 5.43. The summed E-state index contributed by atoms with van der Waals surface area (Å²) in [5.41, 5.74) is 6.58. The SMILES string of the molecule is CCNCC1CCN(c2cc(Nc3ccc(Sc4ccncc4)c(F)c3)nc(N)n2)CC1. The molecule has 9 heteroatoms. The molecule has 4 rings (SSSR count). The lowest BCUT2D eigenvalue weighted by Crippen LogP contribution is -2.37. The van der Waals surface area contributed by atoms with E-state index in [9.17, 15) is 4.39 Å². The van der Waals surface area contributed by atoms with Crippen LogP contribution in [0, 0.1) is 11.7 Å². The molecule has 2 aromatic heterocycles. The van der Waals surface area contributed by atoms with Crippen molar-refractivity contribution in [1.82, 2.24) is 20.3 Å². The molecule has 0 saturated carbocycles. The Morgan fingerprint density at radius 3 is 2.62 bits per heavy atom. The number of piperidine rings is 1. The topological polar surface area (TPSA) is 92.0 Å². The van der Waals surface area contributed by atoms with Gasteiger partial charge in [0.25, 0.3) is 0 Å². The fourth-order valence-corrected chi connectivity index (χ4v) is 4.54. The van der Waals surface area contributed by atoms with E-state index in [-0.39, 0.29) is 11.8 Å². The minimum absolute atomic E-state index is 0.199. The highest BCUT2D eigenvalue weighted by atomic mass is 32.2. The predicted molar refractivity (Wildman–Crippen MR) is 128 cm³/mol. The van der Waals surface area contributed by atoms with Gasteiger partial charge in [0.1, 0.15) is 17.5 Å². The van der Waals surface area contributed by atoms with E-state index in [1.165, 1.54) is 17.8 Å². The monoisotopic (exact) mass is 453 g/mol. The maximum Gasteiger partial charge on any atom is 0.223 e. The minimum atomic E-state index is -0.304. The van der Waals surface area contributed by atoms with Gasteiger partial charge in [-0.1, -0.05) is 18.7 Å². The molecule has 168 valence electrons. The van der Waals surface area contributed by atoms with Crippen molar-refractivity contribution in [3.63, 3.8) is 0 Å². The molecule has 32 heavy (non-hydrogen) atoms. The smallest absolute Gasteiger partial charge is 0.223 e. The van der Waals surface area contributed by atoms with Crippen LogP contribution in [0.4, 0.5) is 27.7 Å². The number of hydrogen-bond acceptors (Lipinski definition) is 8. The molecule has 0 spiro atoms. The van der Waals surface area contributed by atoms with Crippen LogP contribution in [0.3, 0.4) is 0 Å². The van der Waals surface area contributed by atoms with Gasteiger partial charge in [0, 0.05) is 47.0 Å². The maximum absolute atomic E-state index is 14.7. The van der Waals surface area contributed by atoms with Crippen molar-refractivity contribution in [2.45, 2.75) is 29.6 Å². The molecule has 0 unspecified atom stereocenters. The highest BCUT2D eigenvalue weighted by Gasteiger charge is 2.20. The van der Waals surface area contributed by atoms with Gasteiger partial charge in [-0.3, -0.25) is 4.98 Å². The van der Waals surface area contributed by atoms with Crippen LogP contribution < -0.4 is 21.3 Å². The van der Waals surface area contributed by atoms with Crippen LogP contribution in [0.2, 0.25) is 0 Å². The summed E-state index contributed by atoms with van der Waals surface area (Å²) in [4.78, 5) is 16.4. The van der Waals surface area contributed by atoms with Crippen molar-refractivity contribution >= 4 is 35.0 Å². The predicted octanol–water partition coefficient (Wildman–Crippen LogP) is 4.31. The number of nitrogens with zero attached hydrogens (tertiary/aromatic N) is 4. The normalized spacial score (nSPS) is 14.5. The third-order valence-corrected chi connectivity index (χ3v) is 6.49. The first-order chi connectivity index (χ1) is 15.6. The van der Waals surface area contributed by atoms with Gasteiger partial charge in [-0.2, -0.15) is 9.97 Å². The Morgan fingerprint density at radius 1 is 1.12 bits per heavy atom. The molecule has 0 aliphatic carbocycles. The van der Waals surface area contributed by atoms with Crippen molar-refractivity contribution in [3.05, 3.63) is 54.6 Å². The molecule has 1 saturated heterocycles. The molecule has 0 bridgehead atoms. The van der Waals surface area contributed by atoms with E-state index in [1.807, 2.05) is 24.3 Å². The van der Waals surface area contributed by atoms with E-state index in [1.54, 1.807) is 18.5 Å².